The number of benzene rings is 2. The Morgan fingerprint density at radius 1 is 1.00 bits per heavy atom. The molecule has 0 saturated heterocycles. The molecule has 0 radical (unpaired) electrons. The maximum atomic E-state index is 9.40. The summed E-state index contributed by atoms with van der Waals surface area (Å²) < 4.78 is 26.9. The minimum atomic E-state index is -0.0961. The van der Waals surface area contributed by atoms with E-state index < -0.39 is 0 Å². The van der Waals surface area contributed by atoms with Crippen molar-refractivity contribution in [2.75, 3.05) is 35.0 Å². The largest absolute Gasteiger partial charge is 0.496 e. The number of nitrogens with zero attached hydrogens (tertiary/aromatic N) is 2. The fraction of sp³-hybridized carbons (Fsp3) is 0.500. The van der Waals surface area contributed by atoms with E-state index in [9.17, 15) is 5.11 Å². The van der Waals surface area contributed by atoms with Gasteiger partial charge in [-0.15, -0.1) is 0 Å². The lowest BCUT2D eigenvalue weighted by molar-refractivity contribution is 0.280. The Bertz CT molecular complexity index is 1300. The van der Waals surface area contributed by atoms with Crippen molar-refractivity contribution in [3.8, 4) is 22.6 Å². The Balaban J connectivity index is 0.000000401. The van der Waals surface area contributed by atoms with Crippen LogP contribution in [0.2, 0.25) is 0 Å². The first-order valence-corrected chi connectivity index (χ1v) is 13.9. The van der Waals surface area contributed by atoms with E-state index >= 15 is 0 Å². The fourth-order valence-corrected chi connectivity index (χ4v) is 4.09. The second kappa shape index (κ2) is 17.3. The number of nitrogens with one attached hydrogen (secondary N) is 1. The summed E-state index contributed by atoms with van der Waals surface area (Å²) in [4.78, 5) is 12.0. The molecule has 3 aromatic rings. The molecular formula is C30H45N3O6S. The number of aromatic nitrogens is 1. The maximum Gasteiger partial charge on any atom is 0.266 e. The number of ether oxygens (including phenoxy) is 4. The quantitative estimate of drug-likeness (QED) is 0.311. The highest BCUT2D eigenvalue weighted by Gasteiger charge is 2.24. The van der Waals surface area contributed by atoms with Crippen molar-refractivity contribution in [3.05, 3.63) is 40.2 Å². The third-order valence-corrected chi connectivity index (χ3v) is 5.97. The van der Waals surface area contributed by atoms with Crippen molar-refractivity contribution >= 4 is 35.1 Å². The Morgan fingerprint density at radius 3 is 2.08 bits per heavy atom. The number of methoxy groups -OCH3 is 4. The number of aliphatic hydroxyl groups is 1. The van der Waals surface area contributed by atoms with E-state index in [-0.39, 0.29) is 12.6 Å². The lowest BCUT2D eigenvalue weighted by atomic mass is 9.99. The van der Waals surface area contributed by atoms with Gasteiger partial charge in [0.05, 0.1) is 46.1 Å². The second-order valence-electron chi connectivity index (χ2n) is 8.46. The van der Waals surface area contributed by atoms with Crippen LogP contribution in [0.3, 0.4) is 0 Å². The number of aryl methyl sites for hydroxylation is 1. The number of fused-ring (bicyclic) bond motifs is 1. The van der Waals surface area contributed by atoms with Crippen LogP contribution in [-0.2, 0) is 16.1 Å². The molecule has 0 aliphatic carbocycles. The van der Waals surface area contributed by atoms with Gasteiger partial charge in [-0.25, -0.2) is 9.98 Å². The molecule has 40 heavy (non-hydrogen) atoms. The number of H-pyrrole nitrogens is 1. The summed E-state index contributed by atoms with van der Waals surface area (Å²) in [6.07, 6.45) is 0. The zero-order valence-corrected chi connectivity index (χ0v) is 26.5. The summed E-state index contributed by atoms with van der Waals surface area (Å²) in [5.41, 5.74) is 4.83. The topological polar surface area (TPSA) is 111 Å². The highest BCUT2D eigenvalue weighted by molar-refractivity contribution is 7.71. The predicted molar refractivity (Wildman–Crippen MR) is 166 cm³/mol. The van der Waals surface area contributed by atoms with E-state index in [0.29, 0.717) is 51.7 Å². The van der Waals surface area contributed by atoms with Gasteiger partial charge in [-0.05, 0) is 54.4 Å². The van der Waals surface area contributed by atoms with Gasteiger partial charge in [-0.2, -0.15) is 0 Å². The van der Waals surface area contributed by atoms with Gasteiger partial charge >= 0.3 is 0 Å². The molecule has 0 fully saturated rings. The summed E-state index contributed by atoms with van der Waals surface area (Å²) in [5.74, 6) is 2.96. The van der Waals surface area contributed by atoms with Gasteiger partial charge in [-0.3, -0.25) is 0 Å². The molecular weight excluding hydrogens is 530 g/mol. The van der Waals surface area contributed by atoms with Crippen molar-refractivity contribution < 1.29 is 28.5 Å². The van der Waals surface area contributed by atoms with Crippen LogP contribution in [0, 0.1) is 17.7 Å². The van der Waals surface area contributed by atoms with Crippen LogP contribution >= 0.6 is 12.2 Å². The molecule has 0 saturated carbocycles. The number of aliphatic imine (C=N–C) groups is 2. The number of aliphatic hydroxyl groups excluding tert-OH is 1. The molecule has 1 aromatic heterocycles. The summed E-state index contributed by atoms with van der Waals surface area (Å²) in [7, 11) is 6.40. The average Bonchev–Trinajstić information content (AvgIpc) is 3.41. The summed E-state index contributed by atoms with van der Waals surface area (Å²) >= 11 is 5.13. The first-order chi connectivity index (χ1) is 19.3. The van der Waals surface area contributed by atoms with Gasteiger partial charge in [-0.1, -0.05) is 47.6 Å². The SMILES string of the molecule is CC.CC.COC1=NC(C(C)C)C(OC)=NC1.COc1cc(CO)cc(OC)c1-c1ccc(C)c2[nH]c(=S)oc12. The van der Waals surface area contributed by atoms with Gasteiger partial charge in [0.2, 0.25) is 11.8 Å². The molecule has 9 nitrogen and oxygen atoms in total. The zero-order chi connectivity index (χ0) is 30.4. The van der Waals surface area contributed by atoms with E-state index in [0.717, 1.165) is 22.2 Å². The third kappa shape index (κ3) is 8.32. The van der Waals surface area contributed by atoms with Crippen LogP contribution in [0.5, 0.6) is 11.5 Å². The first-order valence-electron chi connectivity index (χ1n) is 13.4. The minimum Gasteiger partial charge on any atom is -0.496 e. The Labute approximate surface area is 243 Å². The normalized spacial score (nSPS) is 13.9. The van der Waals surface area contributed by atoms with Crippen LogP contribution in [-0.4, -0.2) is 62.9 Å². The molecule has 0 amide bonds. The molecule has 1 aliphatic heterocycles. The molecule has 2 heterocycles. The molecule has 0 spiro atoms. The van der Waals surface area contributed by atoms with E-state index in [4.69, 9.17) is 35.6 Å². The van der Waals surface area contributed by atoms with Gasteiger partial charge < -0.3 is 33.5 Å². The standard InChI is InChI=1S/C17H17NO4S.C9H16N2O2.2C2H6/c1-9-4-5-11(16-15(9)18-17(23)22-16)14-12(20-2)6-10(8-19)7-13(14)21-3;1-6(2)8-9(13-4)10-5-7(11-8)12-3;2*1-2/h4-7,19H,8H2,1-3H3,(H,18,23);6,8H,5H2,1-4H3;2*1-2H3. The van der Waals surface area contributed by atoms with Crippen molar-refractivity contribution in [1.29, 1.82) is 0 Å². The Morgan fingerprint density at radius 2 is 1.60 bits per heavy atom. The van der Waals surface area contributed by atoms with Crippen molar-refractivity contribution in [2.24, 2.45) is 15.9 Å². The summed E-state index contributed by atoms with van der Waals surface area (Å²) in [6.45, 7) is 14.5. The number of oxazole rings is 1. The third-order valence-electron chi connectivity index (χ3n) is 5.79. The Kier molecular flexibility index (Phi) is 15.0. The van der Waals surface area contributed by atoms with Gasteiger partial charge in [0.25, 0.3) is 4.84 Å². The average molecular weight is 576 g/mol. The smallest absolute Gasteiger partial charge is 0.266 e. The molecule has 222 valence electrons. The minimum absolute atomic E-state index is 0.00806. The monoisotopic (exact) mass is 575 g/mol. The van der Waals surface area contributed by atoms with Crippen LogP contribution < -0.4 is 9.47 Å². The number of hydrogen-bond donors (Lipinski definition) is 2. The molecule has 2 N–H and O–H groups in total. The van der Waals surface area contributed by atoms with E-state index in [1.54, 1.807) is 40.6 Å². The fourth-order valence-electron chi connectivity index (χ4n) is 3.91. The summed E-state index contributed by atoms with van der Waals surface area (Å²) in [6, 6.07) is 7.50. The number of aromatic amines is 1. The van der Waals surface area contributed by atoms with Crippen molar-refractivity contribution in [2.45, 2.75) is 61.1 Å². The molecule has 10 heteroatoms. The van der Waals surface area contributed by atoms with Gasteiger partial charge in [0.1, 0.15) is 24.1 Å². The zero-order valence-electron chi connectivity index (χ0n) is 25.7. The van der Waals surface area contributed by atoms with Crippen molar-refractivity contribution in [3.63, 3.8) is 0 Å². The van der Waals surface area contributed by atoms with Gasteiger partial charge in [0, 0.05) is 5.56 Å². The van der Waals surface area contributed by atoms with Crippen LogP contribution in [0.15, 0.2) is 38.7 Å². The number of hydrogen-bond acceptors (Lipinski definition) is 9. The van der Waals surface area contributed by atoms with E-state index in [2.05, 4.69) is 28.8 Å². The van der Waals surface area contributed by atoms with Crippen LogP contribution in [0.4, 0.5) is 0 Å². The van der Waals surface area contributed by atoms with E-state index in [1.807, 2.05) is 46.8 Å². The van der Waals surface area contributed by atoms with Gasteiger partial charge in [0.15, 0.2) is 5.58 Å². The number of rotatable bonds is 5. The van der Waals surface area contributed by atoms with Crippen LogP contribution in [0.25, 0.3) is 22.2 Å². The van der Waals surface area contributed by atoms with E-state index in [1.165, 1.54) is 0 Å². The second-order valence-corrected chi connectivity index (χ2v) is 8.83. The lowest BCUT2D eigenvalue weighted by Gasteiger charge is -2.22. The highest BCUT2D eigenvalue weighted by atomic mass is 32.1. The van der Waals surface area contributed by atoms with Crippen molar-refractivity contribution in [1.82, 2.24) is 4.98 Å². The molecule has 0 bridgehead atoms. The highest BCUT2D eigenvalue weighted by Crippen LogP contribution is 2.43. The molecule has 1 unspecified atom stereocenters. The lowest BCUT2D eigenvalue weighted by Crippen LogP contribution is -2.32. The predicted octanol–water partition coefficient (Wildman–Crippen LogP) is 7.14. The Hall–Kier alpha value is -3.37. The molecule has 2 aromatic carbocycles. The molecule has 1 atom stereocenters. The molecule has 4 rings (SSSR count). The summed E-state index contributed by atoms with van der Waals surface area (Å²) in [5, 5.41) is 9.40. The van der Waals surface area contributed by atoms with Crippen LogP contribution in [0.1, 0.15) is 52.7 Å². The first kappa shape index (κ1) is 34.7. The molecule has 1 aliphatic rings. The maximum absolute atomic E-state index is 9.40.